The number of piperazine rings is 1. The summed E-state index contributed by atoms with van der Waals surface area (Å²) < 4.78 is 5.88. The van der Waals surface area contributed by atoms with Crippen LogP contribution in [0.2, 0.25) is 0 Å². The van der Waals surface area contributed by atoms with Gasteiger partial charge in [-0.1, -0.05) is 48.5 Å². The number of hydrogen-bond acceptors (Lipinski definition) is 5. The first-order valence-electron chi connectivity index (χ1n) is 10.0. The standard InChI is InChI=1S/C23H23N3O2S/c27-23(21-14-18-8-4-5-9-20(18)28-21)26-12-10-25(11-13-26)15-19-16-29-22(24-19)17-6-2-1-3-7-17/h1-9,16,21H,10-15H2. The number of fused-ring (bicyclic) bond motifs is 1. The quantitative estimate of drug-likeness (QED) is 0.667. The highest BCUT2D eigenvalue weighted by atomic mass is 32.1. The number of thiazole rings is 1. The van der Waals surface area contributed by atoms with Gasteiger partial charge in [0.2, 0.25) is 0 Å². The Bertz CT molecular complexity index is 971. The van der Waals surface area contributed by atoms with Crippen molar-refractivity contribution in [1.29, 1.82) is 0 Å². The first kappa shape index (κ1) is 18.3. The summed E-state index contributed by atoms with van der Waals surface area (Å²) in [6.45, 7) is 4.04. The van der Waals surface area contributed by atoms with Gasteiger partial charge in [-0.05, 0) is 11.6 Å². The molecule has 2 aromatic carbocycles. The third kappa shape index (κ3) is 3.91. The van der Waals surface area contributed by atoms with E-state index in [1.54, 1.807) is 11.3 Å². The Morgan fingerprint density at radius 2 is 1.79 bits per heavy atom. The molecule has 1 saturated heterocycles. The van der Waals surface area contributed by atoms with Gasteiger partial charge >= 0.3 is 0 Å². The minimum atomic E-state index is -0.370. The molecule has 1 fully saturated rings. The molecule has 0 aliphatic carbocycles. The fraction of sp³-hybridized carbons (Fsp3) is 0.304. The van der Waals surface area contributed by atoms with Crippen molar-refractivity contribution in [2.45, 2.75) is 19.1 Å². The molecule has 5 rings (SSSR count). The molecule has 5 nitrogen and oxygen atoms in total. The molecule has 1 unspecified atom stereocenters. The second-order valence-corrected chi connectivity index (χ2v) is 8.39. The number of nitrogens with zero attached hydrogens (tertiary/aromatic N) is 3. The summed E-state index contributed by atoms with van der Waals surface area (Å²) in [4.78, 5) is 22.0. The Kier molecular flexibility index (Phi) is 5.04. The largest absolute Gasteiger partial charge is 0.480 e. The molecule has 0 spiro atoms. The lowest BCUT2D eigenvalue weighted by molar-refractivity contribution is -0.139. The van der Waals surface area contributed by atoms with E-state index >= 15 is 0 Å². The van der Waals surface area contributed by atoms with Crippen LogP contribution in [0.4, 0.5) is 0 Å². The van der Waals surface area contributed by atoms with Gasteiger partial charge in [0.25, 0.3) is 5.91 Å². The van der Waals surface area contributed by atoms with Gasteiger partial charge < -0.3 is 9.64 Å². The number of benzene rings is 2. The monoisotopic (exact) mass is 405 g/mol. The highest BCUT2D eigenvalue weighted by Gasteiger charge is 2.33. The number of rotatable bonds is 4. The second kappa shape index (κ2) is 7.97. The predicted octanol–water partition coefficient (Wildman–Crippen LogP) is 3.46. The molecule has 6 heteroatoms. The van der Waals surface area contributed by atoms with E-state index in [0.29, 0.717) is 6.42 Å². The van der Waals surface area contributed by atoms with Crippen molar-refractivity contribution in [3.05, 3.63) is 71.2 Å². The molecule has 0 radical (unpaired) electrons. The Morgan fingerprint density at radius 1 is 1.03 bits per heavy atom. The van der Waals surface area contributed by atoms with Crippen LogP contribution < -0.4 is 4.74 Å². The molecule has 1 aromatic heterocycles. The number of ether oxygens (including phenoxy) is 1. The maximum Gasteiger partial charge on any atom is 0.264 e. The van der Waals surface area contributed by atoms with Gasteiger partial charge in [-0.2, -0.15) is 0 Å². The molecule has 1 amide bonds. The molecule has 0 N–H and O–H groups in total. The number of para-hydroxylation sites is 1. The number of carbonyl (C=O) groups is 1. The molecule has 29 heavy (non-hydrogen) atoms. The predicted molar refractivity (Wildman–Crippen MR) is 114 cm³/mol. The highest BCUT2D eigenvalue weighted by Crippen LogP contribution is 2.29. The van der Waals surface area contributed by atoms with Crippen LogP contribution in [0.25, 0.3) is 10.6 Å². The SMILES string of the molecule is O=C(C1Cc2ccccc2O1)N1CCN(Cc2csc(-c3ccccc3)n2)CC1. The Hall–Kier alpha value is -2.70. The van der Waals surface area contributed by atoms with Crippen molar-refractivity contribution in [3.63, 3.8) is 0 Å². The summed E-state index contributed by atoms with van der Waals surface area (Å²) in [6.07, 6.45) is 0.307. The number of hydrogen-bond donors (Lipinski definition) is 0. The lowest BCUT2D eigenvalue weighted by Crippen LogP contribution is -2.51. The van der Waals surface area contributed by atoms with Crippen molar-refractivity contribution < 1.29 is 9.53 Å². The van der Waals surface area contributed by atoms with E-state index in [-0.39, 0.29) is 12.0 Å². The zero-order chi connectivity index (χ0) is 19.6. The number of aromatic nitrogens is 1. The van der Waals surface area contributed by atoms with Crippen LogP contribution in [0.5, 0.6) is 5.75 Å². The Balaban J connectivity index is 1.14. The minimum absolute atomic E-state index is 0.112. The van der Waals surface area contributed by atoms with E-state index in [9.17, 15) is 4.79 Å². The summed E-state index contributed by atoms with van der Waals surface area (Å²) >= 11 is 1.69. The molecular formula is C23H23N3O2S. The van der Waals surface area contributed by atoms with Gasteiger partial charge in [-0.25, -0.2) is 4.98 Å². The van der Waals surface area contributed by atoms with Gasteiger partial charge in [0.1, 0.15) is 10.8 Å². The van der Waals surface area contributed by atoms with Gasteiger partial charge in [-0.3, -0.25) is 9.69 Å². The highest BCUT2D eigenvalue weighted by molar-refractivity contribution is 7.13. The van der Waals surface area contributed by atoms with Crippen LogP contribution in [0.1, 0.15) is 11.3 Å². The molecule has 2 aliphatic rings. The van der Waals surface area contributed by atoms with Gasteiger partial charge in [0.15, 0.2) is 6.10 Å². The molecule has 148 valence electrons. The second-order valence-electron chi connectivity index (χ2n) is 7.53. The fourth-order valence-electron chi connectivity index (χ4n) is 3.97. The van der Waals surface area contributed by atoms with Crippen molar-refractivity contribution >= 4 is 17.2 Å². The van der Waals surface area contributed by atoms with Crippen molar-refractivity contribution in [2.24, 2.45) is 0 Å². The molecule has 2 aliphatic heterocycles. The Morgan fingerprint density at radius 3 is 2.59 bits per heavy atom. The van der Waals surface area contributed by atoms with Crippen LogP contribution in [0, 0.1) is 0 Å². The van der Waals surface area contributed by atoms with Gasteiger partial charge in [0, 0.05) is 50.1 Å². The van der Waals surface area contributed by atoms with Crippen LogP contribution in [0.3, 0.4) is 0 Å². The zero-order valence-electron chi connectivity index (χ0n) is 16.2. The maximum atomic E-state index is 12.9. The average Bonchev–Trinajstić information content (AvgIpc) is 3.41. The zero-order valence-corrected chi connectivity index (χ0v) is 17.0. The van der Waals surface area contributed by atoms with Crippen LogP contribution >= 0.6 is 11.3 Å². The molecule has 0 bridgehead atoms. The first-order valence-corrected chi connectivity index (χ1v) is 10.9. The third-order valence-corrected chi connectivity index (χ3v) is 6.50. The van der Waals surface area contributed by atoms with Crippen LogP contribution in [0.15, 0.2) is 60.0 Å². The van der Waals surface area contributed by atoms with E-state index in [1.165, 1.54) is 0 Å². The number of carbonyl (C=O) groups excluding carboxylic acids is 1. The summed E-state index contributed by atoms with van der Waals surface area (Å²) in [5.74, 6) is 0.961. The Labute approximate surface area is 174 Å². The van der Waals surface area contributed by atoms with Crippen molar-refractivity contribution in [3.8, 4) is 16.3 Å². The van der Waals surface area contributed by atoms with E-state index in [2.05, 4.69) is 22.4 Å². The van der Waals surface area contributed by atoms with E-state index in [0.717, 1.165) is 60.3 Å². The van der Waals surface area contributed by atoms with Gasteiger partial charge in [0.05, 0.1) is 5.69 Å². The molecule has 1 atom stereocenters. The molecule has 3 heterocycles. The first-order chi connectivity index (χ1) is 14.3. The van der Waals surface area contributed by atoms with Crippen LogP contribution in [-0.4, -0.2) is 53.0 Å². The number of amides is 1. The van der Waals surface area contributed by atoms with Crippen LogP contribution in [-0.2, 0) is 17.8 Å². The van der Waals surface area contributed by atoms with Crippen molar-refractivity contribution in [2.75, 3.05) is 26.2 Å². The topological polar surface area (TPSA) is 45.7 Å². The lowest BCUT2D eigenvalue weighted by atomic mass is 10.1. The smallest absolute Gasteiger partial charge is 0.264 e. The average molecular weight is 406 g/mol. The molecular weight excluding hydrogens is 382 g/mol. The van der Waals surface area contributed by atoms with Gasteiger partial charge in [-0.15, -0.1) is 11.3 Å². The minimum Gasteiger partial charge on any atom is -0.480 e. The van der Waals surface area contributed by atoms with E-state index < -0.39 is 0 Å². The summed E-state index contributed by atoms with van der Waals surface area (Å²) in [7, 11) is 0. The fourth-order valence-corrected chi connectivity index (χ4v) is 4.79. The summed E-state index contributed by atoms with van der Waals surface area (Å²) in [5, 5.41) is 3.20. The molecule has 0 saturated carbocycles. The van der Waals surface area contributed by atoms with Crippen molar-refractivity contribution in [1.82, 2.24) is 14.8 Å². The van der Waals surface area contributed by atoms with E-state index in [1.807, 2.05) is 47.4 Å². The lowest BCUT2D eigenvalue weighted by Gasteiger charge is -2.35. The van der Waals surface area contributed by atoms with E-state index in [4.69, 9.17) is 9.72 Å². The third-order valence-electron chi connectivity index (χ3n) is 5.56. The normalized spacial score (nSPS) is 19.0. The summed E-state index contributed by atoms with van der Waals surface area (Å²) in [6, 6.07) is 18.2. The maximum absolute atomic E-state index is 12.9. The summed E-state index contributed by atoms with van der Waals surface area (Å²) in [5.41, 5.74) is 3.39. The molecule has 3 aromatic rings.